The minimum atomic E-state index is -1.04. The summed E-state index contributed by atoms with van der Waals surface area (Å²) >= 11 is 0. The third kappa shape index (κ3) is 5.55. The van der Waals surface area contributed by atoms with Gasteiger partial charge in [-0.3, -0.25) is 14.4 Å². The van der Waals surface area contributed by atoms with Crippen molar-refractivity contribution in [3.8, 4) is 0 Å². The predicted octanol–water partition coefficient (Wildman–Crippen LogP) is 1.89. The van der Waals surface area contributed by atoms with Crippen molar-refractivity contribution >= 4 is 17.8 Å². The van der Waals surface area contributed by atoms with Crippen molar-refractivity contribution in [2.45, 2.75) is 39.2 Å². The molecule has 0 fully saturated rings. The number of aliphatic carboxylic acids is 1. The number of amides is 1. The number of aryl methyl sites for hydroxylation is 2. The molecular weight excluding hydrogens is 286 g/mol. The Labute approximate surface area is 129 Å². The first-order chi connectivity index (χ1) is 10.3. The number of rotatable bonds is 7. The van der Waals surface area contributed by atoms with Crippen LogP contribution in [0.25, 0.3) is 0 Å². The maximum absolute atomic E-state index is 11.9. The lowest BCUT2D eigenvalue weighted by Crippen LogP contribution is -2.31. The molecule has 1 atom stereocenters. The SMILES string of the molecule is COC(=O)CC(NC(=O)CCC(=O)O)c1cc(C)ccc1C. The second-order valence-corrected chi connectivity index (χ2v) is 5.15. The monoisotopic (exact) mass is 307 g/mol. The molecule has 0 aliphatic carbocycles. The number of hydrogen-bond acceptors (Lipinski definition) is 4. The van der Waals surface area contributed by atoms with Crippen molar-refractivity contribution in [1.82, 2.24) is 5.32 Å². The van der Waals surface area contributed by atoms with Crippen LogP contribution in [0.3, 0.4) is 0 Å². The summed E-state index contributed by atoms with van der Waals surface area (Å²) in [6.07, 6.45) is -0.374. The van der Waals surface area contributed by atoms with Gasteiger partial charge in [-0.1, -0.05) is 23.8 Å². The van der Waals surface area contributed by atoms with Gasteiger partial charge in [-0.05, 0) is 25.0 Å². The Morgan fingerprint density at radius 3 is 2.50 bits per heavy atom. The molecule has 2 N–H and O–H groups in total. The number of ether oxygens (including phenoxy) is 1. The van der Waals surface area contributed by atoms with Crippen molar-refractivity contribution in [2.24, 2.45) is 0 Å². The summed E-state index contributed by atoms with van der Waals surface area (Å²) in [4.78, 5) is 34.0. The first-order valence-corrected chi connectivity index (χ1v) is 6.98. The molecule has 0 aliphatic heterocycles. The molecule has 1 amide bonds. The average Bonchev–Trinajstić information content (AvgIpc) is 2.46. The molecule has 6 nitrogen and oxygen atoms in total. The van der Waals surface area contributed by atoms with E-state index in [4.69, 9.17) is 5.11 Å². The third-order valence-electron chi connectivity index (χ3n) is 3.31. The van der Waals surface area contributed by atoms with Gasteiger partial charge >= 0.3 is 11.9 Å². The van der Waals surface area contributed by atoms with E-state index in [0.717, 1.165) is 16.7 Å². The van der Waals surface area contributed by atoms with E-state index in [2.05, 4.69) is 10.1 Å². The molecule has 6 heteroatoms. The van der Waals surface area contributed by atoms with Crippen LogP contribution in [0.15, 0.2) is 18.2 Å². The highest BCUT2D eigenvalue weighted by Crippen LogP contribution is 2.23. The molecule has 0 aliphatic rings. The molecule has 1 aromatic carbocycles. The zero-order chi connectivity index (χ0) is 16.7. The highest BCUT2D eigenvalue weighted by Gasteiger charge is 2.21. The number of esters is 1. The highest BCUT2D eigenvalue weighted by atomic mass is 16.5. The van der Waals surface area contributed by atoms with Crippen LogP contribution >= 0.6 is 0 Å². The molecule has 0 saturated carbocycles. The largest absolute Gasteiger partial charge is 0.481 e. The van der Waals surface area contributed by atoms with Gasteiger partial charge in [-0.15, -0.1) is 0 Å². The fourth-order valence-electron chi connectivity index (χ4n) is 2.11. The quantitative estimate of drug-likeness (QED) is 0.750. The topological polar surface area (TPSA) is 92.7 Å². The standard InChI is InChI=1S/C16H21NO5/c1-10-4-5-11(2)12(8-10)13(9-16(21)22-3)17-14(18)6-7-15(19)20/h4-5,8,13H,6-7,9H2,1-3H3,(H,17,18)(H,19,20). The third-order valence-corrected chi connectivity index (χ3v) is 3.31. The number of carboxylic acid groups (broad SMARTS) is 1. The minimum absolute atomic E-state index is 0.000392. The Hall–Kier alpha value is -2.37. The highest BCUT2D eigenvalue weighted by molar-refractivity contribution is 5.81. The van der Waals surface area contributed by atoms with Crippen LogP contribution in [0.5, 0.6) is 0 Å². The van der Waals surface area contributed by atoms with Gasteiger partial charge in [0.2, 0.25) is 5.91 Å². The summed E-state index contributed by atoms with van der Waals surface area (Å²) in [5.74, 6) is -1.88. The van der Waals surface area contributed by atoms with Gasteiger partial charge in [0.15, 0.2) is 0 Å². The molecule has 22 heavy (non-hydrogen) atoms. The number of nitrogens with one attached hydrogen (secondary N) is 1. The first-order valence-electron chi connectivity index (χ1n) is 6.98. The lowest BCUT2D eigenvalue weighted by Gasteiger charge is -2.20. The zero-order valence-electron chi connectivity index (χ0n) is 13.0. The minimum Gasteiger partial charge on any atom is -0.481 e. The molecule has 0 saturated heterocycles. The number of methoxy groups -OCH3 is 1. The summed E-state index contributed by atoms with van der Waals surface area (Å²) in [6, 6.07) is 5.23. The van der Waals surface area contributed by atoms with Crippen LogP contribution in [0.4, 0.5) is 0 Å². The molecule has 120 valence electrons. The van der Waals surface area contributed by atoms with Gasteiger partial charge in [0.05, 0.1) is 26.0 Å². The lowest BCUT2D eigenvalue weighted by atomic mass is 9.96. The fourth-order valence-corrected chi connectivity index (χ4v) is 2.11. The average molecular weight is 307 g/mol. The molecule has 1 unspecified atom stereocenters. The van der Waals surface area contributed by atoms with E-state index in [1.165, 1.54) is 7.11 Å². The van der Waals surface area contributed by atoms with Gasteiger partial charge in [-0.25, -0.2) is 0 Å². The number of benzene rings is 1. The molecule has 0 bridgehead atoms. The van der Waals surface area contributed by atoms with Crippen LogP contribution in [-0.4, -0.2) is 30.1 Å². The Kier molecular flexibility index (Phi) is 6.56. The van der Waals surface area contributed by atoms with E-state index >= 15 is 0 Å². The second kappa shape index (κ2) is 8.17. The number of carbonyl (C=O) groups is 3. The van der Waals surface area contributed by atoms with E-state index in [1.54, 1.807) is 0 Å². The van der Waals surface area contributed by atoms with E-state index in [1.807, 2.05) is 32.0 Å². The lowest BCUT2D eigenvalue weighted by molar-refractivity contribution is -0.142. The van der Waals surface area contributed by atoms with Gasteiger partial charge in [0, 0.05) is 6.42 Å². The van der Waals surface area contributed by atoms with Crippen LogP contribution in [0.1, 0.15) is 42.0 Å². The maximum atomic E-state index is 11.9. The number of hydrogen-bond donors (Lipinski definition) is 2. The fraction of sp³-hybridized carbons (Fsp3) is 0.438. The summed E-state index contributed by atoms with van der Waals surface area (Å²) in [6.45, 7) is 3.81. The van der Waals surface area contributed by atoms with Crippen LogP contribution in [-0.2, 0) is 19.1 Å². The van der Waals surface area contributed by atoms with Crippen molar-refractivity contribution < 1.29 is 24.2 Å². The van der Waals surface area contributed by atoms with Crippen molar-refractivity contribution in [3.63, 3.8) is 0 Å². The summed E-state index contributed by atoms with van der Waals surface area (Å²) < 4.78 is 4.67. The number of carboxylic acids is 1. The van der Waals surface area contributed by atoms with Crippen LogP contribution in [0.2, 0.25) is 0 Å². The van der Waals surface area contributed by atoms with E-state index in [9.17, 15) is 14.4 Å². The van der Waals surface area contributed by atoms with Crippen molar-refractivity contribution in [3.05, 3.63) is 34.9 Å². The molecule has 0 spiro atoms. The normalized spacial score (nSPS) is 11.6. The molecule has 1 rings (SSSR count). The summed E-state index contributed by atoms with van der Waals surface area (Å²) in [5.41, 5.74) is 2.78. The maximum Gasteiger partial charge on any atom is 0.307 e. The predicted molar refractivity (Wildman–Crippen MR) is 80.3 cm³/mol. The molecule has 0 radical (unpaired) electrons. The molecule has 1 aromatic rings. The van der Waals surface area contributed by atoms with E-state index in [0.29, 0.717) is 0 Å². The van der Waals surface area contributed by atoms with Crippen LogP contribution in [0, 0.1) is 13.8 Å². The zero-order valence-corrected chi connectivity index (χ0v) is 13.0. The Morgan fingerprint density at radius 2 is 1.91 bits per heavy atom. The second-order valence-electron chi connectivity index (χ2n) is 5.15. The first kappa shape index (κ1) is 17.7. The van der Waals surface area contributed by atoms with Gasteiger partial charge in [0.25, 0.3) is 0 Å². The van der Waals surface area contributed by atoms with Gasteiger partial charge in [-0.2, -0.15) is 0 Å². The molecule has 0 heterocycles. The summed E-state index contributed by atoms with van der Waals surface area (Å²) in [5, 5.41) is 11.3. The van der Waals surface area contributed by atoms with Gasteiger partial charge < -0.3 is 15.2 Å². The van der Waals surface area contributed by atoms with Crippen molar-refractivity contribution in [2.75, 3.05) is 7.11 Å². The van der Waals surface area contributed by atoms with Crippen molar-refractivity contribution in [1.29, 1.82) is 0 Å². The Morgan fingerprint density at radius 1 is 1.23 bits per heavy atom. The van der Waals surface area contributed by atoms with E-state index in [-0.39, 0.29) is 19.3 Å². The molecular formula is C16H21NO5. The Balaban J connectivity index is 2.92. The molecule has 0 aromatic heterocycles. The van der Waals surface area contributed by atoms with Gasteiger partial charge in [0.1, 0.15) is 0 Å². The summed E-state index contributed by atoms with van der Waals surface area (Å²) in [7, 11) is 1.29. The van der Waals surface area contributed by atoms with Crippen LogP contribution < -0.4 is 5.32 Å². The smallest absolute Gasteiger partial charge is 0.307 e. The Bertz CT molecular complexity index is 568. The van der Waals surface area contributed by atoms with E-state index < -0.39 is 23.9 Å². The number of carbonyl (C=O) groups excluding carboxylic acids is 2.